The van der Waals surface area contributed by atoms with Gasteiger partial charge < -0.3 is 9.84 Å². The number of halogens is 3. The lowest BCUT2D eigenvalue weighted by atomic mass is 10.2. The van der Waals surface area contributed by atoms with E-state index in [9.17, 15) is 13.2 Å². The van der Waals surface area contributed by atoms with Crippen LogP contribution in [0.4, 0.5) is 13.2 Å². The number of alkyl halides is 3. The molecule has 0 aromatic heterocycles. The van der Waals surface area contributed by atoms with Gasteiger partial charge in [-0.15, -0.1) is 0 Å². The molecule has 0 rings (SSSR count). The molecule has 0 spiro atoms. The first-order valence-corrected chi connectivity index (χ1v) is 2.69. The van der Waals surface area contributed by atoms with Crippen LogP contribution in [0.2, 0.25) is 0 Å². The second-order valence-electron chi connectivity index (χ2n) is 1.88. The highest BCUT2D eigenvalue weighted by Gasteiger charge is 2.38. The van der Waals surface area contributed by atoms with Crippen molar-refractivity contribution < 1.29 is 23.0 Å². The Labute approximate surface area is 56.6 Å². The Morgan fingerprint density at radius 1 is 1.50 bits per heavy atom. The normalized spacial score (nSPS) is 15.3. The van der Waals surface area contributed by atoms with E-state index in [2.05, 4.69) is 4.74 Å². The summed E-state index contributed by atoms with van der Waals surface area (Å²) >= 11 is 0. The fourth-order valence-corrected chi connectivity index (χ4v) is 0.452. The molecule has 1 unspecified atom stereocenters. The Hall–Kier alpha value is -0.290. The Balaban J connectivity index is 3.81. The number of aliphatic hydroxyl groups is 1. The van der Waals surface area contributed by atoms with E-state index in [1.54, 1.807) is 0 Å². The average molecular weight is 158 g/mol. The first-order valence-electron chi connectivity index (χ1n) is 2.69. The Morgan fingerprint density at radius 3 is 2.10 bits per heavy atom. The zero-order valence-corrected chi connectivity index (χ0v) is 5.48. The van der Waals surface area contributed by atoms with Gasteiger partial charge >= 0.3 is 6.18 Å². The second kappa shape index (κ2) is 3.78. The van der Waals surface area contributed by atoms with Crippen LogP contribution in [0.5, 0.6) is 0 Å². The van der Waals surface area contributed by atoms with E-state index in [4.69, 9.17) is 5.11 Å². The highest BCUT2D eigenvalue weighted by molar-refractivity contribution is 4.64. The minimum absolute atomic E-state index is 0.486. The van der Waals surface area contributed by atoms with Crippen molar-refractivity contribution in [2.24, 2.45) is 5.92 Å². The average Bonchev–Trinajstić information content (AvgIpc) is 1.80. The molecule has 0 radical (unpaired) electrons. The van der Waals surface area contributed by atoms with Crippen LogP contribution in [-0.2, 0) is 4.74 Å². The van der Waals surface area contributed by atoms with Gasteiger partial charge in [0, 0.05) is 7.11 Å². The largest absolute Gasteiger partial charge is 0.396 e. The molecule has 0 aliphatic rings. The van der Waals surface area contributed by atoms with E-state index in [0.717, 1.165) is 7.11 Å². The van der Waals surface area contributed by atoms with Crippen molar-refractivity contribution in [2.45, 2.75) is 6.18 Å². The molecule has 0 heterocycles. The van der Waals surface area contributed by atoms with Crippen LogP contribution in [0.3, 0.4) is 0 Å². The first kappa shape index (κ1) is 9.71. The molecule has 0 aromatic rings. The summed E-state index contributed by atoms with van der Waals surface area (Å²) in [5, 5.41) is 8.19. The first-order chi connectivity index (χ1) is 4.52. The van der Waals surface area contributed by atoms with Crippen LogP contribution < -0.4 is 0 Å². The van der Waals surface area contributed by atoms with Crippen molar-refractivity contribution in [1.29, 1.82) is 0 Å². The number of hydrogen-bond acceptors (Lipinski definition) is 2. The molecule has 10 heavy (non-hydrogen) atoms. The molecule has 0 fully saturated rings. The molecule has 0 aliphatic heterocycles. The van der Waals surface area contributed by atoms with Crippen molar-refractivity contribution in [3.8, 4) is 0 Å². The Morgan fingerprint density at radius 2 is 2.00 bits per heavy atom. The van der Waals surface area contributed by atoms with Gasteiger partial charge in [0.15, 0.2) is 0 Å². The van der Waals surface area contributed by atoms with Gasteiger partial charge in [0.05, 0.1) is 13.2 Å². The summed E-state index contributed by atoms with van der Waals surface area (Å²) in [6.45, 7) is -1.41. The van der Waals surface area contributed by atoms with E-state index in [0.29, 0.717) is 0 Å². The predicted octanol–water partition coefficient (Wildman–Crippen LogP) is 0.804. The lowest BCUT2D eigenvalue weighted by Crippen LogP contribution is -2.30. The van der Waals surface area contributed by atoms with Gasteiger partial charge in [-0.05, 0) is 0 Å². The molecule has 0 saturated heterocycles. The standard InChI is InChI=1S/C5H9F3O2/c1-10-3-4(2-9)5(6,7)8/h4,9H,2-3H2,1H3. The van der Waals surface area contributed by atoms with Crippen molar-refractivity contribution >= 4 is 0 Å². The lowest BCUT2D eigenvalue weighted by molar-refractivity contribution is -0.195. The van der Waals surface area contributed by atoms with Crippen LogP contribution in [-0.4, -0.2) is 31.6 Å². The summed E-state index contributed by atoms with van der Waals surface area (Å²) in [5.74, 6) is -1.75. The molecule has 0 aromatic carbocycles. The predicted molar refractivity (Wildman–Crippen MR) is 28.5 cm³/mol. The van der Waals surface area contributed by atoms with Gasteiger partial charge in [0.25, 0.3) is 0 Å². The number of ether oxygens (including phenoxy) is 1. The van der Waals surface area contributed by atoms with Crippen molar-refractivity contribution in [3.63, 3.8) is 0 Å². The number of methoxy groups -OCH3 is 1. The topological polar surface area (TPSA) is 29.5 Å². The quantitative estimate of drug-likeness (QED) is 0.658. The van der Waals surface area contributed by atoms with Gasteiger partial charge in [-0.2, -0.15) is 13.2 Å². The van der Waals surface area contributed by atoms with Gasteiger partial charge in [-0.3, -0.25) is 0 Å². The van der Waals surface area contributed by atoms with E-state index >= 15 is 0 Å². The maximum atomic E-state index is 11.7. The third-order valence-electron chi connectivity index (χ3n) is 1.05. The maximum Gasteiger partial charge on any atom is 0.396 e. The Bertz CT molecular complexity index is 91.4. The molecule has 0 bridgehead atoms. The second-order valence-corrected chi connectivity index (χ2v) is 1.88. The molecule has 0 amide bonds. The fraction of sp³-hybridized carbons (Fsp3) is 1.00. The van der Waals surface area contributed by atoms with Crippen LogP contribution >= 0.6 is 0 Å². The summed E-state index contributed by atoms with van der Waals surface area (Å²) in [6.07, 6.45) is -4.36. The van der Waals surface area contributed by atoms with E-state index in [1.807, 2.05) is 0 Å². The third kappa shape index (κ3) is 3.03. The highest BCUT2D eigenvalue weighted by atomic mass is 19.4. The minimum Gasteiger partial charge on any atom is -0.396 e. The zero-order chi connectivity index (χ0) is 8.20. The van der Waals surface area contributed by atoms with Gasteiger partial charge in [0.1, 0.15) is 5.92 Å². The molecule has 2 nitrogen and oxygen atoms in total. The monoisotopic (exact) mass is 158 g/mol. The summed E-state index contributed by atoms with van der Waals surface area (Å²) in [7, 11) is 1.16. The van der Waals surface area contributed by atoms with Crippen molar-refractivity contribution in [3.05, 3.63) is 0 Å². The summed E-state index contributed by atoms with van der Waals surface area (Å²) in [5.41, 5.74) is 0. The lowest BCUT2D eigenvalue weighted by Gasteiger charge is -2.15. The maximum absolute atomic E-state index is 11.7. The van der Waals surface area contributed by atoms with Crippen LogP contribution in [0.15, 0.2) is 0 Å². The van der Waals surface area contributed by atoms with Gasteiger partial charge in [-0.25, -0.2) is 0 Å². The molecule has 1 atom stereocenters. The van der Waals surface area contributed by atoms with E-state index < -0.39 is 25.3 Å². The number of hydrogen-bond donors (Lipinski definition) is 1. The van der Waals surface area contributed by atoms with Gasteiger partial charge in [-0.1, -0.05) is 0 Å². The van der Waals surface area contributed by atoms with E-state index in [-0.39, 0.29) is 0 Å². The molecule has 1 N–H and O–H groups in total. The third-order valence-corrected chi connectivity index (χ3v) is 1.05. The molecule has 62 valence electrons. The fourth-order valence-electron chi connectivity index (χ4n) is 0.452. The summed E-state index contributed by atoms with van der Waals surface area (Å²) in [6, 6.07) is 0. The van der Waals surface area contributed by atoms with Crippen LogP contribution in [0.25, 0.3) is 0 Å². The zero-order valence-electron chi connectivity index (χ0n) is 5.48. The molecular formula is C5H9F3O2. The summed E-state index contributed by atoms with van der Waals surface area (Å²) < 4.78 is 39.2. The molecule has 0 saturated carbocycles. The highest BCUT2D eigenvalue weighted by Crippen LogP contribution is 2.25. The molecular weight excluding hydrogens is 149 g/mol. The van der Waals surface area contributed by atoms with Crippen LogP contribution in [0.1, 0.15) is 0 Å². The molecule has 0 aliphatic carbocycles. The van der Waals surface area contributed by atoms with Crippen molar-refractivity contribution in [2.75, 3.05) is 20.3 Å². The number of rotatable bonds is 3. The van der Waals surface area contributed by atoms with Crippen molar-refractivity contribution in [1.82, 2.24) is 0 Å². The Kier molecular flexibility index (Phi) is 3.67. The van der Waals surface area contributed by atoms with Crippen LogP contribution in [0, 0.1) is 5.92 Å². The van der Waals surface area contributed by atoms with E-state index in [1.165, 1.54) is 0 Å². The van der Waals surface area contributed by atoms with Gasteiger partial charge in [0.2, 0.25) is 0 Å². The smallest absolute Gasteiger partial charge is 0.396 e. The SMILES string of the molecule is COCC(CO)C(F)(F)F. The number of aliphatic hydroxyl groups excluding tert-OH is 1. The minimum atomic E-state index is -4.36. The summed E-state index contributed by atoms with van der Waals surface area (Å²) in [4.78, 5) is 0. The molecule has 5 heteroatoms.